The Morgan fingerprint density at radius 3 is 2.32 bits per heavy atom. The Bertz CT molecular complexity index is 835. The fraction of sp³-hybridized carbons (Fsp3) is 0.188. The third-order valence-corrected chi connectivity index (χ3v) is 3.26. The first-order valence-corrected chi connectivity index (χ1v) is 7.10. The molecule has 0 unspecified atom stereocenters. The van der Waals surface area contributed by atoms with Crippen LogP contribution in [0.15, 0.2) is 30.6 Å². The van der Waals surface area contributed by atoms with Crippen molar-refractivity contribution >= 4 is 29.2 Å². The molecule has 0 aliphatic heterocycles. The van der Waals surface area contributed by atoms with E-state index < -0.39 is 23.5 Å². The van der Waals surface area contributed by atoms with Crippen LogP contribution in [0.2, 0.25) is 0 Å². The number of nitrogens with one attached hydrogen (secondary N) is 1. The van der Waals surface area contributed by atoms with Gasteiger partial charge < -0.3 is 20.1 Å². The van der Waals surface area contributed by atoms with Crippen LogP contribution in [0.3, 0.4) is 0 Å². The molecule has 0 aliphatic rings. The van der Waals surface area contributed by atoms with Crippen LogP contribution in [-0.2, 0) is 4.74 Å². The Balaban J connectivity index is 2.43. The van der Waals surface area contributed by atoms with Crippen molar-refractivity contribution in [1.82, 2.24) is 9.97 Å². The van der Waals surface area contributed by atoms with Crippen LogP contribution in [-0.4, -0.2) is 54.1 Å². The predicted molar refractivity (Wildman–Crippen MR) is 89.1 cm³/mol. The van der Waals surface area contributed by atoms with Crippen molar-refractivity contribution in [3.8, 4) is 0 Å². The third-order valence-electron chi connectivity index (χ3n) is 3.26. The molecule has 1 heterocycles. The number of carbonyl (C=O) groups is 3. The van der Waals surface area contributed by atoms with Gasteiger partial charge in [-0.3, -0.25) is 4.79 Å². The number of carbonyl (C=O) groups excluding carboxylic acids is 2. The van der Waals surface area contributed by atoms with Gasteiger partial charge in [-0.2, -0.15) is 0 Å². The zero-order valence-corrected chi connectivity index (χ0v) is 13.8. The van der Waals surface area contributed by atoms with Crippen LogP contribution in [0.1, 0.15) is 31.3 Å². The van der Waals surface area contributed by atoms with E-state index in [1.54, 1.807) is 31.1 Å². The van der Waals surface area contributed by atoms with E-state index in [-0.39, 0.29) is 11.3 Å². The molecule has 1 aromatic carbocycles. The summed E-state index contributed by atoms with van der Waals surface area (Å²) < 4.78 is 4.67. The topological polar surface area (TPSA) is 122 Å². The molecule has 0 aliphatic carbocycles. The fourth-order valence-electron chi connectivity index (χ4n) is 2.11. The van der Waals surface area contributed by atoms with E-state index in [0.29, 0.717) is 11.4 Å². The minimum atomic E-state index is -1.37. The fourth-order valence-corrected chi connectivity index (χ4v) is 2.11. The van der Waals surface area contributed by atoms with Crippen molar-refractivity contribution < 1.29 is 24.2 Å². The van der Waals surface area contributed by atoms with Crippen LogP contribution >= 0.6 is 0 Å². The number of esters is 1. The summed E-state index contributed by atoms with van der Waals surface area (Å²) in [5.74, 6) is -2.68. The van der Waals surface area contributed by atoms with Crippen molar-refractivity contribution in [2.75, 3.05) is 31.4 Å². The normalized spacial score (nSPS) is 10.0. The van der Waals surface area contributed by atoms with E-state index in [1.807, 2.05) is 0 Å². The van der Waals surface area contributed by atoms with Gasteiger partial charge in [0, 0.05) is 26.5 Å². The summed E-state index contributed by atoms with van der Waals surface area (Å²) >= 11 is 0. The van der Waals surface area contributed by atoms with Gasteiger partial charge in [0.1, 0.15) is 0 Å². The number of amides is 1. The molecule has 130 valence electrons. The number of carboxylic acid groups (broad SMARTS) is 1. The molecule has 0 atom stereocenters. The van der Waals surface area contributed by atoms with Crippen molar-refractivity contribution in [3.05, 3.63) is 47.5 Å². The molecule has 1 amide bonds. The Morgan fingerprint density at radius 2 is 1.76 bits per heavy atom. The number of aromatic nitrogens is 2. The highest BCUT2D eigenvalue weighted by Crippen LogP contribution is 2.26. The molecule has 25 heavy (non-hydrogen) atoms. The maximum Gasteiger partial charge on any atom is 0.356 e. The molecule has 0 bridgehead atoms. The number of benzene rings is 1. The smallest absolute Gasteiger partial charge is 0.356 e. The Kier molecular flexibility index (Phi) is 5.28. The van der Waals surface area contributed by atoms with E-state index in [9.17, 15) is 14.4 Å². The summed E-state index contributed by atoms with van der Waals surface area (Å²) in [4.78, 5) is 44.5. The average Bonchev–Trinajstić information content (AvgIpc) is 2.60. The number of anilines is 2. The lowest BCUT2D eigenvalue weighted by molar-refractivity contribution is 0.0599. The molecule has 0 saturated carbocycles. The molecule has 0 fully saturated rings. The molecule has 9 nitrogen and oxygen atoms in total. The molecule has 2 aromatic rings. The molecule has 0 radical (unpaired) electrons. The van der Waals surface area contributed by atoms with Crippen molar-refractivity contribution in [1.29, 1.82) is 0 Å². The van der Waals surface area contributed by atoms with Crippen molar-refractivity contribution in [2.24, 2.45) is 0 Å². The lowest BCUT2D eigenvalue weighted by Gasteiger charge is -2.18. The summed E-state index contributed by atoms with van der Waals surface area (Å²) in [6, 6.07) is 4.63. The highest BCUT2D eigenvalue weighted by atomic mass is 16.5. The van der Waals surface area contributed by atoms with E-state index in [4.69, 9.17) is 5.11 Å². The molecule has 1 aromatic heterocycles. The zero-order chi connectivity index (χ0) is 18.6. The molecule has 2 rings (SSSR count). The first-order valence-electron chi connectivity index (χ1n) is 7.10. The van der Waals surface area contributed by atoms with Gasteiger partial charge in [-0.25, -0.2) is 19.6 Å². The summed E-state index contributed by atoms with van der Waals surface area (Å²) in [7, 11) is 4.76. The van der Waals surface area contributed by atoms with Gasteiger partial charge in [-0.1, -0.05) is 0 Å². The summed E-state index contributed by atoms with van der Waals surface area (Å²) in [5.41, 5.74) is 0.362. The molecule has 0 saturated heterocycles. The number of hydrogen-bond acceptors (Lipinski definition) is 7. The highest BCUT2D eigenvalue weighted by molar-refractivity contribution is 6.10. The second kappa shape index (κ2) is 7.39. The largest absolute Gasteiger partial charge is 0.476 e. The van der Waals surface area contributed by atoms with Gasteiger partial charge in [-0.05, 0) is 18.2 Å². The standard InChI is InChI=1S/C16H16N4O5/c1-20(2)11-5-4-9(16(24)25-3)8-10(11)19-14(21)12-13(15(22)23)18-7-6-17-12/h4-8H,1-3H3,(H,19,21)(H,22,23). The summed E-state index contributed by atoms with van der Waals surface area (Å²) in [6.07, 6.45) is 2.41. The Hall–Kier alpha value is -3.49. The maximum absolute atomic E-state index is 12.5. The second-order valence-electron chi connectivity index (χ2n) is 5.13. The van der Waals surface area contributed by atoms with Gasteiger partial charge in [0.15, 0.2) is 11.4 Å². The number of rotatable bonds is 5. The first-order chi connectivity index (χ1) is 11.8. The zero-order valence-electron chi connectivity index (χ0n) is 13.8. The number of nitrogens with zero attached hydrogens (tertiary/aromatic N) is 3. The van der Waals surface area contributed by atoms with Crippen molar-refractivity contribution in [3.63, 3.8) is 0 Å². The summed E-state index contributed by atoms with van der Waals surface area (Å²) in [5, 5.41) is 11.7. The predicted octanol–water partition coefficient (Wildman–Crippen LogP) is 1.28. The maximum atomic E-state index is 12.5. The summed E-state index contributed by atoms with van der Waals surface area (Å²) in [6.45, 7) is 0. The lowest BCUT2D eigenvalue weighted by atomic mass is 10.1. The monoisotopic (exact) mass is 344 g/mol. The first kappa shape index (κ1) is 17.9. The Labute approximate surface area is 143 Å². The van der Waals surface area contributed by atoms with Crippen LogP contribution in [0.5, 0.6) is 0 Å². The molecule has 0 spiro atoms. The number of hydrogen-bond donors (Lipinski definition) is 2. The minimum absolute atomic E-state index is 0.237. The Morgan fingerprint density at radius 1 is 1.12 bits per heavy atom. The van der Waals surface area contributed by atoms with E-state index in [2.05, 4.69) is 20.0 Å². The van der Waals surface area contributed by atoms with Crippen molar-refractivity contribution in [2.45, 2.75) is 0 Å². The van der Waals surface area contributed by atoms with Crippen LogP contribution in [0, 0.1) is 0 Å². The van der Waals surface area contributed by atoms with E-state index in [1.165, 1.54) is 25.6 Å². The van der Waals surface area contributed by atoms with E-state index in [0.717, 1.165) is 0 Å². The lowest BCUT2D eigenvalue weighted by Crippen LogP contribution is -2.21. The van der Waals surface area contributed by atoms with Gasteiger partial charge in [-0.15, -0.1) is 0 Å². The third kappa shape index (κ3) is 3.89. The molecule has 2 N–H and O–H groups in total. The van der Waals surface area contributed by atoms with Gasteiger partial charge in [0.05, 0.1) is 24.0 Å². The van der Waals surface area contributed by atoms with Crippen LogP contribution in [0.4, 0.5) is 11.4 Å². The SMILES string of the molecule is COC(=O)c1ccc(N(C)C)c(NC(=O)c2nccnc2C(=O)O)c1. The number of aromatic carboxylic acids is 1. The van der Waals surface area contributed by atoms with E-state index >= 15 is 0 Å². The second-order valence-corrected chi connectivity index (χ2v) is 5.13. The van der Waals surface area contributed by atoms with Gasteiger partial charge in [0.2, 0.25) is 0 Å². The average molecular weight is 344 g/mol. The molecule has 9 heteroatoms. The van der Waals surface area contributed by atoms with Crippen LogP contribution in [0.25, 0.3) is 0 Å². The molecular weight excluding hydrogens is 328 g/mol. The van der Waals surface area contributed by atoms with Gasteiger partial charge >= 0.3 is 11.9 Å². The quantitative estimate of drug-likeness (QED) is 0.778. The number of ether oxygens (including phenoxy) is 1. The number of carboxylic acids is 1. The van der Waals surface area contributed by atoms with Gasteiger partial charge in [0.25, 0.3) is 5.91 Å². The van der Waals surface area contributed by atoms with Crippen LogP contribution < -0.4 is 10.2 Å². The number of methoxy groups -OCH3 is 1. The minimum Gasteiger partial charge on any atom is -0.476 e. The highest BCUT2D eigenvalue weighted by Gasteiger charge is 2.21. The molecular formula is C16H16N4O5.